The second-order valence-electron chi connectivity index (χ2n) is 5.23. The molecular weight excluding hydrogens is 242 g/mol. The summed E-state index contributed by atoms with van der Waals surface area (Å²) >= 11 is 0. The van der Waals surface area contributed by atoms with Crippen LogP contribution in [0.4, 0.5) is 0 Å². The second kappa shape index (κ2) is 4.70. The van der Waals surface area contributed by atoms with Crippen molar-refractivity contribution in [2.24, 2.45) is 5.92 Å². The minimum Gasteiger partial charge on any atom is -0.480 e. The molecule has 100 valence electrons. The van der Waals surface area contributed by atoms with Crippen LogP contribution in [-0.4, -0.2) is 17.1 Å². The number of hydrogen-bond donors (Lipinski definition) is 2. The SMILES string of the molecule is CC(NC(C(=O)O)C1CC1)c1cc2ccccc2o1. The maximum Gasteiger partial charge on any atom is 0.321 e. The third-order valence-electron chi connectivity index (χ3n) is 3.66. The lowest BCUT2D eigenvalue weighted by molar-refractivity contribution is -0.140. The van der Waals surface area contributed by atoms with Crippen LogP contribution in [0.25, 0.3) is 11.0 Å². The lowest BCUT2D eigenvalue weighted by atomic mass is 10.1. The molecule has 1 heterocycles. The van der Waals surface area contributed by atoms with Crippen LogP contribution in [-0.2, 0) is 4.79 Å². The van der Waals surface area contributed by atoms with Crippen LogP contribution < -0.4 is 5.32 Å². The minimum atomic E-state index is -0.773. The first-order chi connectivity index (χ1) is 9.15. The van der Waals surface area contributed by atoms with Crippen molar-refractivity contribution in [2.75, 3.05) is 0 Å². The van der Waals surface area contributed by atoms with Gasteiger partial charge in [0.05, 0.1) is 6.04 Å². The number of carboxylic acids is 1. The Morgan fingerprint density at radius 2 is 2.16 bits per heavy atom. The average Bonchev–Trinajstić information content (AvgIpc) is 3.12. The molecule has 1 fully saturated rings. The highest BCUT2D eigenvalue weighted by Crippen LogP contribution is 2.34. The van der Waals surface area contributed by atoms with Crippen LogP contribution in [0, 0.1) is 5.92 Å². The van der Waals surface area contributed by atoms with E-state index in [1.165, 1.54) is 0 Å². The maximum atomic E-state index is 11.2. The summed E-state index contributed by atoms with van der Waals surface area (Å²) in [7, 11) is 0. The number of rotatable bonds is 5. The molecule has 2 N–H and O–H groups in total. The van der Waals surface area contributed by atoms with Gasteiger partial charge >= 0.3 is 5.97 Å². The van der Waals surface area contributed by atoms with Gasteiger partial charge in [-0.1, -0.05) is 18.2 Å². The fourth-order valence-electron chi connectivity index (χ4n) is 2.41. The molecule has 2 atom stereocenters. The third-order valence-corrected chi connectivity index (χ3v) is 3.66. The topological polar surface area (TPSA) is 62.5 Å². The number of fused-ring (bicyclic) bond motifs is 1. The first kappa shape index (κ1) is 12.2. The Balaban J connectivity index is 1.78. The maximum absolute atomic E-state index is 11.2. The molecule has 2 unspecified atom stereocenters. The van der Waals surface area contributed by atoms with Crippen molar-refractivity contribution in [1.82, 2.24) is 5.32 Å². The number of furan rings is 1. The summed E-state index contributed by atoms with van der Waals surface area (Å²) in [6.45, 7) is 1.94. The smallest absolute Gasteiger partial charge is 0.321 e. The number of carbonyl (C=O) groups is 1. The Morgan fingerprint density at radius 3 is 2.79 bits per heavy atom. The number of benzene rings is 1. The molecular formula is C15H17NO3. The normalized spacial score (nSPS) is 18.4. The van der Waals surface area contributed by atoms with Gasteiger partial charge in [-0.15, -0.1) is 0 Å². The van der Waals surface area contributed by atoms with E-state index in [9.17, 15) is 9.90 Å². The minimum absolute atomic E-state index is 0.103. The zero-order valence-corrected chi connectivity index (χ0v) is 10.8. The van der Waals surface area contributed by atoms with E-state index in [-0.39, 0.29) is 12.0 Å². The van der Waals surface area contributed by atoms with Gasteiger partial charge in [0.2, 0.25) is 0 Å². The van der Waals surface area contributed by atoms with Crippen molar-refractivity contribution < 1.29 is 14.3 Å². The summed E-state index contributed by atoms with van der Waals surface area (Å²) in [6, 6.07) is 9.20. The molecule has 1 aromatic carbocycles. The quantitative estimate of drug-likeness (QED) is 0.866. The Morgan fingerprint density at radius 1 is 1.42 bits per heavy atom. The molecule has 2 aromatic rings. The highest BCUT2D eigenvalue weighted by molar-refractivity contribution is 5.78. The number of aliphatic carboxylic acids is 1. The van der Waals surface area contributed by atoms with E-state index < -0.39 is 12.0 Å². The molecule has 3 rings (SSSR count). The van der Waals surface area contributed by atoms with Gasteiger partial charge in [-0.05, 0) is 37.8 Å². The van der Waals surface area contributed by atoms with Crippen molar-refractivity contribution >= 4 is 16.9 Å². The molecule has 19 heavy (non-hydrogen) atoms. The largest absolute Gasteiger partial charge is 0.480 e. The average molecular weight is 259 g/mol. The molecule has 0 bridgehead atoms. The molecule has 1 aromatic heterocycles. The van der Waals surface area contributed by atoms with Gasteiger partial charge in [0.25, 0.3) is 0 Å². The predicted molar refractivity (Wildman–Crippen MR) is 71.9 cm³/mol. The van der Waals surface area contributed by atoms with Crippen LogP contribution in [0.1, 0.15) is 31.6 Å². The van der Waals surface area contributed by atoms with E-state index in [4.69, 9.17) is 4.42 Å². The van der Waals surface area contributed by atoms with Crippen molar-refractivity contribution in [3.8, 4) is 0 Å². The van der Waals surface area contributed by atoms with E-state index in [0.717, 1.165) is 29.6 Å². The fourth-order valence-corrected chi connectivity index (χ4v) is 2.41. The standard InChI is InChI=1S/C15H17NO3/c1-9(16-14(15(17)18)10-6-7-10)13-8-11-4-2-3-5-12(11)19-13/h2-5,8-10,14,16H,6-7H2,1H3,(H,17,18). The zero-order chi connectivity index (χ0) is 13.4. The number of para-hydroxylation sites is 1. The second-order valence-corrected chi connectivity index (χ2v) is 5.23. The molecule has 0 radical (unpaired) electrons. The van der Waals surface area contributed by atoms with E-state index >= 15 is 0 Å². The third kappa shape index (κ3) is 2.49. The summed E-state index contributed by atoms with van der Waals surface area (Å²) in [5, 5.41) is 13.4. The molecule has 0 spiro atoms. The van der Waals surface area contributed by atoms with Gasteiger partial charge in [0.15, 0.2) is 0 Å². The van der Waals surface area contributed by atoms with Gasteiger partial charge in [-0.25, -0.2) is 0 Å². The van der Waals surface area contributed by atoms with Crippen LogP contribution in [0.5, 0.6) is 0 Å². The zero-order valence-electron chi connectivity index (χ0n) is 10.8. The Labute approximate surface area is 111 Å². The van der Waals surface area contributed by atoms with Crippen molar-refractivity contribution in [3.63, 3.8) is 0 Å². The molecule has 0 aliphatic heterocycles. The molecule has 4 nitrogen and oxygen atoms in total. The molecule has 1 saturated carbocycles. The predicted octanol–water partition coefficient (Wildman–Crippen LogP) is 2.95. The molecule has 1 aliphatic rings. The number of hydrogen-bond acceptors (Lipinski definition) is 3. The Bertz CT molecular complexity index is 567. The van der Waals surface area contributed by atoms with Gasteiger partial charge in [-0.2, -0.15) is 0 Å². The van der Waals surface area contributed by atoms with Crippen molar-refractivity contribution in [3.05, 3.63) is 36.1 Å². The summed E-state index contributed by atoms with van der Waals surface area (Å²) in [6.07, 6.45) is 1.99. The van der Waals surface area contributed by atoms with Crippen LogP contribution in [0.15, 0.2) is 34.7 Å². The van der Waals surface area contributed by atoms with Gasteiger partial charge in [0.1, 0.15) is 17.4 Å². The highest BCUT2D eigenvalue weighted by atomic mass is 16.4. The molecule has 0 saturated heterocycles. The van der Waals surface area contributed by atoms with Crippen LogP contribution in [0.3, 0.4) is 0 Å². The summed E-state index contributed by atoms with van der Waals surface area (Å²) in [5.74, 6) is 0.280. The monoisotopic (exact) mass is 259 g/mol. The molecule has 0 amide bonds. The number of nitrogens with one attached hydrogen (secondary N) is 1. The first-order valence-corrected chi connectivity index (χ1v) is 6.62. The van der Waals surface area contributed by atoms with Crippen LogP contribution in [0.2, 0.25) is 0 Å². The van der Waals surface area contributed by atoms with Gasteiger partial charge in [-0.3, -0.25) is 10.1 Å². The van der Waals surface area contributed by atoms with Gasteiger partial charge < -0.3 is 9.52 Å². The number of carboxylic acid groups (broad SMARTS) is 1. The van der Waals surface area contributed by atoms with E-state index in [1.807, 2.05) is 37.3 Å². The highest BCUT2D eigenvalue weighted by Gasteiger charge is 2.37. The lowest BCUT2D eigenvalue weighted by Crippen LogP contribution is -2.39. The summed E-state index contributed by atoms with van der Waals surface area (Å²) in [4.78, 5) is 11.2. The fraction of sp³-hybridized carbons (Fsp3) is 0.400. The summed E-state index contributed by atoms with van der Waals surface area (Å²) in [5.41, 5.74) is 0.837. The van der Waals surface area contributed by atoms with E-state index in [2.05, 4.69) is 5.32 Å². The summed E-state index contributed by atoms with van der Waals surface area (Å²) < 4.78 is 5.76. The van der Waals surface area contributed by atoms with E-state index in [1.54, 1.807) is 0 Å². The molecule has 1 aliphatic carbocycles. The van der Waals surface area contributed by atoms with Crippen LogP contribution >= 0.6 is 0 Å². The lowest BCUT2D eigenvalue weighted by Gasteiger charge is -2.18. The van der Waals surface area contributed by atoms with Crippen molar-refractivity contribution in [2.45, 2.75) is 31.8 Å². The van der Waals surface area contributed by atoms with E-state index in [0.29, 0.717) is 0 Å². The van der Waals surface area contributed by atoms with Crippen molar-refractivity contribution in [1.29, 1.82) is 0 Å². The Hall–Kier alpha value is -1.81. The Kier molecular flexibility index (Phi) is 3.03. The first-order valence-electron chi connectivity index (χ1n) is 6.62. The van der Waals surface area contributed by atoms with Gasteiger partial charge in [0, 0.05) is 5.39 Å². The molecule has 4 heteroatoms.